The number of fused-ring (bicyclic) bond motifs is 1. The van der Waals surface area contributed by atoms with Gasteiger partial charge in [-0.15, -0.1) is 0 Å². The molecule has 2 aliphatic rings. The number of hydrogen-bond acceptors (Lipinski definition) is 6. The number of aromatic nitrogens is 4. The van der Waals surface area contributed by atoms with E-state index in [1.807, 2.05) is 6.33 Å². The van der Waals surface area contributed by atoms with Crippen LogP contribution in [0.3, 0.4) is 0 Å². The van der Waals surface area contributed by atoms with E-state index in [0.29, 0.717) is 12.0 Å². The normalized spacial score (nSPS) is 26.4. The zero-order chi connectivity index (χ0) is 18.8. The largest absolute Gasteiger partial charge is 0.396 e. The molecule has 1 saturated carbocycles. The standard InChI is InChI=1S/C20H32N6O/c1-24(2)8-6-15-7-9-25(11-15)19-18-20(22-13-21-19)26(14-23-18)17-5-3-4-16(10-17)12-27/h13-17,27H,3-12H2,1-2H3/t15?,16-,17+/m0/s1. The van der Waals surface area contributed by atoms with Crippen LogP contribution in [0.1, 0.15) is 44.6 Å². The second kappa shape index (κ2) is 8.10. The Balaban J connectivity index is 1.53. The zero-order valence-corrected chi connectivity index (χ0v) is 16.6. The van der Waals surface area contributed by atoms with Crippen LogP contribution in [0, 0.1) is 11.8 Å². The van der Waals surface area contributed by atoms with Gasteiger partial charge in [0.1, 0.15) is 6.33 Å². The molecule has 148 valence electrons. The molecule has 3 heterocycles. The molecule has 1 unspecified atom stereocenters. The molecule has 2 aromatic rings. The Morgan fingerprint density at radius 3 is 2.85 bits per heavy atom. The second-order valence-electron chi connectivity index (χ2n) is 8.58. The molecule has 2 aromatic heterocycles. The lowest BCUT2D eigenvalue weighted by atomic mass is 9.86. The van der Waals surface area contributed by atoms with E-state index in [2.05, 4.69) is 38.4 Å². The van der Waals surface area contributed by atoms with Crippen LogP contribution >= 0.6 is 0 Å². The molecule has 0 spiro atoms. The van der Waals surface area contributed by atoms with E-state index in [9.17, 15) is 5.11 Å². The van der Waals surface area contributed by atoms with Crippen LogP contribution in [0.4, 0.5) is 5.82 Å². The number of hydrogen-bond donors (Lipinski definition) is 1. The SMILES string of the molecule is CN(C)CCC1CCN(c2ncnc3c2ncn3[C@@H]2CCC[C@H](CO)C2)C1. The van der Waals surface area contributed by atoms with Crippen LogP contribution in [0.15, 0.2) is 12.7 Å². The van der Waals surface area contributed by atoms with Gasteiger partial charge in [0, 0.05) is 25.7 Å². The minimum absolute atomic E-state index is 0.283. The fourth-order valence-electron chi connectivity index (χ4n) is 4.72. The smallest absolute Gasteiger partial charge is 0.165 e. The van der Waals surface area contributed by atoms with Crippen molar-refractivity contribution in [1.29, 1.82) is 0 Å². The summed E-state index contributed by atoms with van der Waals surface area (Å²) in [6.07, 6.45) is 10.5. The minimum atomic E-state index is 0.283. The average Bonchev–Trinajstić information content (AvgIpc) is 3.33. The van der Waals surface area contributed by atoms with Gasteiger partial charge in [-0.05, 0) is 64.6 Å². The molecule has 27 heavy (non-hydrogen) atoms. The van der Waals surface area contributed by atoms with Crippen LogP contribution in [0.25, 0.3) is 11.2 Å². The second-order valence-corrected chi connectivity index (χ2v) is 8.58. The monoisotopic (exact) mass is 372 g/mol. The van der Waals surface area contributed by atoms with Gasteiger partial charge < -0.3 is 19.5 Å². The Morgan fingerprint density at radius 1 is 1.15 bits per heavy atom. The molecule has 1 aliphatic heterocycles. The van der Waals surface area contributed by atoms with Crippen LogP contribution in [-0.2, 0) is 0 Å². The first-order valence-corrected chi connectivity index (χ1v) is 10.3. The first-order chi connectivity index (χ1) is 13.2. The molecule has 3 atom stereocenters. The molecule has 0 bridgehead atoms. The molecule has 4 rings (SSSR count). The van der Waals surface area contributed by atoms with Gasteiger partial charge in [-0.25, -0.2) is 15.0 Å². The van der Waals surface area contributed by atoms with Crippen molar-refractivity contribution in [3.63, 3.8) is 0 Å². The molecule has 7 nitrogen and oxygen atoms in total. The maximum atomic E-state index is 9.55. The molecule has 0 aromatic carbocycles. The highest BCUT2D eigenvalue weighted by Crippen LogP contribution is 2.35. The van der Waals surface area contributed by atoms with Crippen molar-refractivity contribution >= 4 is 17.0 Å². The van der Waals surface area contributed by atoms with Gasteiger partial charge >= 0.3 is 0 Å². The molecular weight excluding hydrogens is 340 g/mol. The number of imidazole rings is 1. The summed E-state index contributed by atoms with van der Waals surface area (Å²) in [7, 11) is 4.28. The summed E-state index contributed by atoms with van der Waals surface area (Å²) in [5.41, 5.74) is 1.87. The molecule has 7 heteroatoms. The first-order valence-electron chi connectivity index (χ1n) is 10.3. The number of rotatable bonds is 6. The van der Waals surface area contributed by atoms with E-state index in [1.165, 1.54) is 12.8 Å². The van der Waals surface area contributed by atoms with E-state index < -0.39 is 0 Å². The summed E-state index contributed by atoms with van der Waals surface area (Å²) in [5.74, 6) is 2.11. The fourth-order valence-corrected chi connectivity index (χ4v) is 4.72. The summed E-state index contributed by atoms with van der Waals surface area (Å²) < 4.78 is 2.22. The van der Waals surface area contributed by atoms with Crippen molar-refractivity contribution in [1.82, 2.24) is 24.4 Å². The summed E-state index contributed by atoms with van der Waals surface area (Å²) in [6.45, 7) is 3.53. The van der Waals surface area contributed by atoms with Crippen molar-refractivity contribution in [3.05, 3.63) is 12.7 Å². The number of aliphatic hydroxyl groups is 1. The highest BCUT2D eigenvalue weighted by molar-refractivity contribution is 5.83. The predicted molar refractivity (Wildman–Crippen MR) is 107 cm³/mol. The number of anilines is 1. The van der Waals surface area contributed by atoms with E-state index in [-0.39, 0.29) is 6.61 Å². The summed E-state index contributed by atoms with van der Waals surface area (Å²) >= 11 is 0. The Hall–Kier alpha value is -1.73. The van der Waals surface area contributed by atoms with Crippen molar-refractivity contribution < 1.29 is 5.11 Å². The van der Waals surface area contributed by atoms with Crippen molar-refractivity contribution in [2.24, 2.45) is 11.8 Å². The lowest BCUT2D eigenvalue weighted by Gasteiger charge is -2.29. The lowest BCUT2D eigenvalue weighted by molar-refractivity contribution is 0.163. The highest BCUT2D eigenvalue weighted by Gasteiger charge is 2.28. The van der Waals surface area contributed by atoms with Crippen molar-refractivity contribution in [2.75, 3.05) is 45.2 Å². The third kappa shape index (κ3) is 3.94. The van der Waals surface area contributed by atoms with Crippen LogP contribution in [-0.4, -0.2) is 69.9 Å². The topological polar surface area (TPSA) is 70.3 Å². The Bertz CT molecular complexity index is 760. The average molecular weight is 373 g/mol. The summed E-state index contributed by atoms with van der Waals surface area (Å²) in [5, 5.41) is 9.55. The quantitative estimate of drug-likeness (QED) is 0.839. The Kier molecular flexibility index (Phi) is 5.59. The van der Waals surface area contributed by atoms with Gasteiger partial charge in [-0.1, -0.05) is 6.42 Å². The molecule has 0 amide bonds. The van der Waals surface area contributed by atoms with Crippen molar-refractivity contribution in [3.8, 4) is 0 Å². The molecule has 1 aliphatic carbocycles. The third-order valence-electron chi connectivity index (χ3n) is 6.32. The highest BCUT2D eigenvalue weighted by atomic mass is 16.3. The fraction of sp³-hybridized carbons (Fsp3) is 0.750. The number of nitrogens with zero attached hydrogens (tertiary/aromatic N) is 6. The molecule has 2 fully saturated rings. The van der Waals surface area contributed by atoms with Crippen LogP contribution in [0.5, 0.6) is 0 Å². The van der Waals surface area contributed by atoms with E-state index >= 15 is 0 Å². The maximum Gasteiger partial charge on any atom is 0.165 e. The third-order valence-corrected chi connectivity index (χ3v) is 6.32. The molecule has 0 radical (unpaired) electrons. The first kappa shape index (κ1) is 18.6. The zero-order valence-electron chi connectivity index (χ0n) is 16.6. The van der Waals surface area contributed by atoms with E-state index in [0.717, 1.165) is 68.2 Å². The Labute approximate surface area is 161 Å². The van der Waals surface area contributed by atoms with Gasteiger partial charge in [0.05, 0.1) is 6.33 Å². The molecular formula is C20H32N6O. The van der Waals surface area contributed by atoms with Gasteiger partial charge in [0.2, 0.25) is 0 Å². The van der Waals surface area contributed by atoms with Gasteiger partial charge in [-0.3, -0.25) is 0 Å². The summed E-state index contributed by atoms with van der Waals surface area (Å²) in [4.78, 5) is 18.5. The Morgan fingerprint density at radius 2 is 2.04 bits per heavy atom. The van der Waals surface area contributed by atoms with Gasteiger partial charge in [-0.2, -0.15) is 0 Å². The van der Waals surface area contributed by atoms with Crippen LogP contribution in [0.2, 0.25) is 0 Å². The van der Waals surface area contributed by atoms with E-state index in [4.69, 9.17) is 4.98 Å². The minimum Gasteiger partial charge on any atom is -0.396 e. The van der Waals surface area contributed by atoms with Crippen molar-refractivity contribution in [2.45, 2.75) is 44.6 Å². The molecule has 1 N–H and O–H groups in total. The van der Waals surface area contributed by atoms with E-state index in [1.54, 1.807) is 6.33 Å². The molecule has 1 saturated heterocycles. The van der Waals surface area contributed by atoms with Gasteiger partial charge in [0.15, 0.2) is 17.0 Å². The lowest BCUT2D eigenvalue weighted by Crippen LogP contribution is -2.23. The van der Waals surface area contributed by atoms with Gasteiger partial charge in [0.25, 0.3) is 0 Å². The number of aliphatic hydroxyl groups excluding tert-OH is 1. The summed E-state index contributed by atoms with van der Waals surface area (Å²) in [6, 6.07) is 0.384. The predicted octanol–water partition coefficient (Wildman–Crippen LogP) is 2.33. The van der Waals surface area contributed by atoms with Crippen LogP contribution < -0.4 is 4.90 Å². The maximum absolute atomic E-state index is 9.55.